The highest BCUT2D eigenvalue weighted by molar-refractivity contribution is 5.32. The van der Waals surface area contributed by atoms with Crippen molar-refractivity contribution in [1.29, 1.82) is 0 Å². The SMILES string of the molecule is CN(C)CC1=C(O)C(C)(CN(C)C)CC=C1. The third-order valence-electron chi connectivity index (χ3n) is 2.92. The summed E-state index contributed by atoms with van der Waals surface area (Å²) < 4.78 is 0. The fourth-order valence-electron chi connectivity index (χ4n) is 2.33. The van der Waals surface area contributed by atoms with Crippen molar-refractivity contribution in [2.75, 3.05) is 41.3 Å². The van der Waals surface area contributed by atoms with Crippen molar-refractivity contribution in [2.24, 2.45) is 5.41 Å². The van der Waals surface area contributed by atoms with Gasteiger partial charge in [0.25, 0.3) is 0 Å². The molecule has 3 heteroatoms. The van der Waals surface area contributed by atoms with E-state index in [2.05, 4.69) is 22.8 Å². The summed E-state index contributed by atoms with van der Waals surface area (Å²) in [6.45, 7) is 3.80. The van der Waals surface area contributed by atoms with Gasteiger partial charge in [-0.2, -0.15) is 0 Å². The Kier molecular flexibility index (Phi) is 4.16. The molecule has 1 aliphatic carbocycles. The molecule has 0 aromatic rings. The van der Waals surface area contributed by atoms with E-state index in [1.54, 1.807) is 0 Å². The highest BCUT2D eigenvalue weighted by atomic mass is 16.3. The quantitative estimate of drug-likeness (QED) is 0.790. The normalized spacial score (nSPS) is 25.9. The second kappa shape index (κ2) is 5.02. The first-order chi connectivity index (χ1) is 7.35. The van der Waals surface area contributed by atoms with E-state index in [1.165, 1.54) is 0 Å². The van der Waals surface area contributed by atoms with Crippen LogP contribution in [0.4, 0.5) is 0 Å². The summed E-state index contributed by atoms with van der Waals surface area (Å²) in [6.07, 6.45) is 5.13. The minimum Gasteiger partial charge on any atom is -0.511 e. The second-order valence-corrected chi connectivity index (χ2v) is 5.52. The van der Waals surface area contributed by atoms with E-state index in [0.29, 0.717) is 5.76 Å². The van der Waals surface area contributed by atoms with Gasteiger partial charge in [-0.05, 0) is 34.6 Å². The number of aliphatic hydroxyl groups excluding tert-OH is 1. The lowest BCUT2D eigenvalue weighted by atomic mass is 9.78. The summed E-state index contributed by atoms with van der Waals surface area (Å²) in [4.78, 5) is 4.21. The van der Waals surface area contributed by atoms with Gasteiger partial charge in [-0.15, -0.1) is 0 Å². The van der Waals surface area contributed by atoms with E-state index < -0.39 is 0 Å². The maximum atomic E-state index is 10.4. The number of hydrogen-bond acceptors (Lipinski definition) is 3. The Morgan fingerprint density at radius 3 is 2.38 bits per heavy atom. The lowest BCUT2D eigenvalue weighted by Crippen LogP contribution is -2.35. The molecule has 3 nitrogen and oxygen atoms in total. The monoisotopic (exact) mass is 224 g/mol. The van der Waals surface area contributed by atoms with E-state index >= 15 is 0 Å². The molecule has 1 rings (SSSR count). The van der Waals surface area contributed by atoms with Crippen LogP contribution in [0.1, 0.15) is 13.3 Å². The molecule has 0 spiro atoms. The van der Waals surface area contributed by atoms with Gasteiger partial charge in [0.05, 0.1) is 0 Å². The lowest BCUT2D eigenvalue weighted by Gasteiger charge is -2.34. The van der Waals surface area contributed by atoms with Crippen LogP contribution in [0, 0.1) is 5.41 Å². The largest absolute Gasteiger partial charge is 0.511 e. The molecule has 1 atom stereocenters. The maximum Gasteiger partial charge on any atom is 0.104 e. The van der Waals surface area contributed by atoms with Crippen molar-refractivity contribution in [2.45, 2.75) is 13.3 Å². The van der Waals surface area contributed by atoms with Gasteiger partial charge in [-0.3, -0.25) is 0 Å². The van der Waals surface area contributed by atoms with Gasteiger partial charge in [0.1, 0.15) is 5.76 Å². The van der Waals surface area contributed by atoms with Gasteiger partial charge in [0.2, 0.25) is 0 Å². The van der Waals surface area contributed by atoms with E-state index in [-0.39, 0.29) is 5.41 Å². The van der Waals surface area contributed by atoms with E-state index in [4.69, 9.17) is 0 Å². The summed E-state index contributed by atoms with van der Waals surface area (Å²) in [5.41, 5.74) is 0.907. The van der Waals surface area contributed by atoms with Crippen LogP contribution < -0.4 is 0 Å². The molecule has 0 heterocycles. The molecule has 0 aromatic carbocycles. The predicted molar refractivity (Wildman–Crippen MR) is 68.6 cm³/mol. The number of allylic oxidation sites excluding steroid dienone is 1. The first-order valence-corrected chi connectivity index (χ1v) is 5.74. The fraction of sp³-hybridized carbons (Fsp3) is 0.692. The van der Waals surface area contributed by atoms with Gasteiger partial charge in [-0.1, -0.05) is 19.1 Å². The Morgan fingerprint density at radius 1 is 1.25 bits per heavy atom. The number of hydrogen-bond donors (Lipinski definition) is 1. The van der Waals surface area contributed by atoms with Crippen molar-refractivity contribution in [3.8, 4) is 0 Å². The van der Waals surface area contributed by atoms with Crippen molar-refractivity contribution >= 4 is 0 Å². The van der Waals surface area contributed by atoms with Crippen LogP contribution in [0.15, 0.2) is 23.5 Å². The zero-order chi connectivity index (χ0) is 12.3. The first kappa shape index (κ1) is 13.3. The highest BCUT2D eigenvalue weighted by Gasteiger charge is 2.32. The van der Waals surface area contributed by atoms with E-state index in [9.17, 15) is 5.11 Å². The Balaban J connectivity index is 2.90. The predicted octanol–water partition coefficient (Wildman–Crippen LogP) is 1.89. The number of rotatable bonds is 4. The Bertz CT molecular complexity index is 305. The molecule has 0 aromatic heterocycles. The molecule has 0 bridgehead atoms. The molecule has 0 saturated heterocycles. The van der Waals surface area contributed by atoms with Crippen molar-refractivity contribution in [3.63, 3.8) is 0 Å². The number of aliphatic hydroxyl groups is 1. The fourth-order valence-corrected chi connectivity index (χ4v) is 2.33. The molecule has 0 radical (unpaired) electrons. The van der Waals surface area contributed by atoms with Gasteiger partial charge < -0.3 is 14.9 Å². The molecular weight excluding hydrogens is 200 g/mol. The van der Waals surface area contributed by atoms with Crippen molar-refractivity contribution in [1.82, 2.24) is 9.80 Å². The Hall–Kier alpha value is -0.800. The topological polar surface area (TPSA) is 26.7 Å². The average Bonchev–Trinajstić information content (AvgIpc) is 2.11. The Labute approximate surface area is 99.0 Å². The average molecular weight is 224 g/mol. The van der Waals surface area contributed by atoms with Crippen LogP contribution in [0.2, 0.25) is 0 Å². The van der Waals surface area contributed by atoms with Gasteiger partial charge in [0, 0.05) is 24.1 Å². The number of nitrogens with zero attached hydrogens (tertiary/aromatic N) is 2. The number of likely N-dealkylation sites (N-methyl/N-ethyl adjacent to an activating group) is 1. The molecular formula is C13H24N2O. The van der Waals surface area contributed by atoms with E-state index in [0.717, 1.165) is 25.1 Å². The van der Waals surface area contributed by atoms with Crippen LogP contribution in [-0.2, 0) is 0 Å². The molecule has 0 fully saturated rings. The smallest absolute Gasteiger partial charge is 0.104 e. The van der Waals surface area contributed by atoms with Crippen molar-refractivity contribution < 1.29 is 5.11 Å². The van der Waals surface area contributed by atoms with Crippen LogP contribution in [0.25, 0.3) is 0 Å². The van der Waals surface area contributed by atoms with Crippen LogP contribution >= 0.6 is 0 Å². The minimum atomic E-state index is -0.135. The third kappa shape index (κ3) is 3.09. The van der Waals surface area contributed by atoms with Gasteiger partial charge >= 0.3 is 0 Å². The minimum absolute atomic E-state index is 0.135. The van der Waals surface area contributed by atoms with Gasteiger partial charge in [0.15, 0.2) is 0 Å². The molecule has 0 amide bonds. The zero-order valence-electron chi connectivity index (χ0n) is 11.1. The van der Waals surface area contributed by atoms with Crippen LogP contribution in [0.3, 0.4) is 0 Å². The highest BCUT2D eigenvalue weighted by Crippen LogP contribution is 2.36. The van der Waals surface area contributed by atoms with E-state index in [1.807, 2.05) is 34.3 Å². The van der Waals surface area contributed by atoms with Crippen LogP contribution in [0.5, 0.6) is 0 Å². The van der Waals surface area contributed by atoms with Crippen molar-refractivity contribution in [3.05, 3.63) is 23.5 Å². The molecule has 1 aliphatic rings. The maximum absolute atomic E-state index is 10.4. The molecule has 1 unspecified atom stereocenters. The second-order valence-electron chi connectivity index (χ2n) is 5.52. The summed E-state index contributed by atoms with van der Waals surface area (Å²) in [7, 11) is 8.13. The molecule has 16 heavy (non-hydrogen) atoms. The molecule has 92 valence electrons. The first-order valence-electron chi connectivity index (χ1n) is 5.74. The summed E-state index contributed by atoms with van der Waals surface area (Å²) in [5, 5.41) is 10.4. The molecule has 1 N–H and O–H groups in total. The molecule has 0 aliphatic heterocycles. The summed E-state index contributed by atoms with van der Waals surface area (Å²) in [5.74, 6) is 0.553. The van der Waals surface area contributed by atoms with Gasteiger partial charge in [-0.25, -0.2) is 0 Å². The summed E-state index contributed by atoms with van der Waals surface area (Å²) in [6, 6.07) is 0. The lowest BCUT2D eigenvalue weighted by molar-refractivity contribution is 0.176. The zero-order valence-corrected chi connectivity index (χ0v) is 11.1. The standard InChI is InChI=1S/C13H24N2O/c1-13(10-15(4)5)8-6-7-11(12(13)16)9-14(2)3/h6-7,16H,8-10H2,1-5H3. The Morgan fingerprint density at radius 2 is 1.88 bits per heavy atom. The molecule has 0 saturated carbocycles. The van der Waals surface area contributed by atoms with Crippen LogP contribution in [-0.4, -0.2) is 56.2 Å². The third-order valence-corrected chi connectivity index (χ3v) is 2.92. The summed E-state index contributed by atoms with van der Waals surface area (Å²) >= 11 is 0.